The van der Waals surface area contributed by atoms with Crippen LogP contribution in [0.3, 0.4) is 0 Å². The molecule has 1 unspecified atom stereocenters. The van der Waals surface area contributed by atoms with Crippen LogP contribution in [0.25, 0.3) is 0 Å². The summed E-state index contributed by atoms with van der Waals surface area (Å²) < 4.78 is 9.76. The molecule has 0 N–H and O–H groups in total. The zero-order valence-electron chi connectivity index (χ0n) is 7.95. The van der Waals surface area contributed by atoms with Crippen LogP contribution in [0.2, 0.25) is 0 Å². The molecule has 0 spiro atoms. The molecule has 1 aliphatic rings. The standard InChI is InChI=1S/C10H14O3/c1-12-9(7-10(11)13-2)8-5-3-4-6-8/h3,5-6,9H,4,7H2,1-2H3. The van der Waals surface area contributed by atoms with E-state index < -0.39 is 0 Å². The van der Waals surface area contributed by atoms with E-state index in [4.69, 9.17) is 4.74 Å². The average Bonchev–Trinajstić information content (AvgIpc) is 2.66. The van der Waals surface area contributed by atoms with Gasteiger partial charge in [-0.25, -0.2) is 0 Å². The van der Waals surface area contributed by atoms with Crippen molar-refractivity contribution in [2.75, 3.05) is 14.2 Å². The maximum Gasteiger partial charge on any atom is 0.308 e. The number of allylic oxidation sites excluding steroid dienone is 2. The third kappa shape index (κ3) is 2.70. The number of ether oxygens (including phenoxy) is 2. The molecule has 0 amide bonds. The summed E-state index contributed by atoms with van der Waals surface area (Å²) in [6.45, 7) is 0. The Morgan fingerprint density at radius 2 is 2.38 bits per heavy atom. The fourth-order valence-electron chi connectivity index (χ4n) is 1.29. The Kier molecular flexibility index (Phi) is 3.71. The first-order valence-corrected chi connectivity index (χ1v) is 4.24. The summed E-state index contributed by atoms with van der Waals surface area (Å²) in [7, 11) is 2.98. The third-order valence-corrected chi connectivity index (χ3v) is 2.04. The predicted octanol–water partition coefficient (Wildman–Crippen LogP) is 1.45. The highest BCUT2D eigenvalue weighted by Gasteiger charge is 2.17. The van der Waals surface area contributed by atoms with Gasteiger partial charge in [0.15, 0.2) is 0 Å². The first-order chi connectivity index (χ1) is 6.27. The molecule has 0 aromatic heterocycles. The molecule has 0 fully saturated rings. The van der Waals surface area contributed by atoms with Crippen LogP contribution in [0.15, 0.2) is 23.8 Å². The van der Waals surface area contributed by atoms with E-state index in [-0.39, 0.29) is 18.5 Å². The maximum atomic E-state index is 11.0. The van der Waals surface area contributed by atoms with Gasteiger partial charge in [-0.1, -0.05) is 18.2 Å². The van der Waals surface area contributed by atoms with Crippen LogP contribution in [-0.2, 0) is 14.3 Å². The largest absolute Gasteiger partial charge is 0.469 e. The van der Waals surface area contributed by atoms with Crippen molar-refractivity contribution in [3.8, 4) is 0 Å². The Balaban J connectivity index is 2.52. The van der Waals surface area contributed by atoms with Crippen LogP contribution in [0.5, 0.6) is 0 Å². The van der Waals surface area contributed by atoms with Gasteiger partial charge in [0.1, 0.15) is 0 Å². The lowest BCUT2D eigenvalue weighted by Gasteiger charge is -2.13. The fraction of sp³-hybridized carbons (Fsp3) is 0.500. The average molecular weight is 182 g/mol. The number of esters is 1. The summed E-state index contributed by atoms with van der Waals surface area (Å²) in [5.74, 6) is -0.243. The van der Waals surface area contributed by atoms with Gasteiger partial charge in [-0.15, -0.1) is 0 Å². The number of hydrogen-bond donors (Lipinski definition) is 0. The molecule has 13 heavy (non-hydrogen) atoms. The van der Waals surface area contributed by atoms with E-state index >= 15 is 0 Å². The molecule has 0 radical (unpaired) electrons. The lowest BCUT2D eigenvalue weighted by molar-refractivity contribution is -0.142. The first kappa shape index (κ1) is 9.99. The zero-order chi connectivity index (χ0) is 9.68. The molecule has 0 aromatic carbocycles. The smallest absolute Gasteiger partial charge is 0.308 e. The summed E-state index contributed by atoms with van der Waals surface area (Å²) in [5, 5.41) is 0. The fourth-order valence-corrected chi connectivity index (χ4v) is 1.29. The van der Waals surface area contributed by atoms with Crippen LogP contribution in [0.1, 0.15) is 12.8 Å². The van der Waals surface area contributed by atoms with Gasteiger partial charge >= 0.3 is 5.97 Å². The molecule has 72 valence electrons. The minimum absolute atomic E-state index is 0.161. The van der Waals surface area contributed by atoms with Crippen LogP contribution < -0.4 is 0 Å². The molecular formula is C10H14O3. The van der Waals surface area contributed by atoms with Crippen molar-refractivity contribution in [1.29, 1.82) is 0 Å². The third-order valence-electron chi connectivity index (χ3n) is 2.04. The maximum absolute atomic E-state index is 11.0. The molecule has 1 atom stereocenters. The van der Waals surface area contributed by atoms with Crippen molar-refractivity contribution in [3.63, 3.8) is 0 Å². The Labute approximate surface area is 78.0 Å². The number of rotatable bonds is 4. The Morgan fingerprint density at radius 3 is 2.85 bits per heavy atom. The minimum Gasteiger partial charge on any atom is -0.469 e. The van der Waals surface area contributed by atoms with Crippen LogP contribution in [0, 0.1) is 0 Å². The predicted molar refractivity (Wildman–Crippen MR) is 49.3 cm³/mol. The van der Waals surface area contributed by atoms with Gasteiger partial charge in [0.2, 0.25) is 0 Å². The molecule has 3 nitrogen and oxygen atoms in total. The van der Waals surface area contributed by atoms with E-state index in [1.54, 1.807) is 7.11 Å². The van der Waals surface area contributed by atoms with Crippen LogP contribution in [-0.4, -0.2) is 26.3 Å². The Morgan fingerprint density at radius 1 is 1.62 bits per heavy atom. The highest BCUT2D eigenvalue weighted by molar-refractivity contribution is 5.70. The molecule has 0 aromatic rings. The van der Waals surface area contributed by atoms with Crippen LogP contribution in [0.4, 0.5) is 0 Å². The quantitative estimate of drug-likeness (QED) is 0.617. The highest BCUT2D eigenvalue weighted by Crippen LogP contribution is 2.18. The molecule has 0 saturated carbocycles. The Hall–Kier alpha value is -1.09. The molecular weight excluding hydrogens is 168 g/mol. The number of carbonyl (C=O) groups excluding carboxylic acids is 1. The van der Waals surface area contributed by atoms with Crippen molar-refractivity contribution >= 4 is 5.97 Å². The minimum atomic E-state index is -0.243. The zero-order valence-corrected chi connectivity index (χ0v) is 7.95. The molecule has 0 saturated heterocycles. The van der Waals surface area contributed by atoms with Gasteiger partial charge in [-0.2, -0.15) is 0 Å². The normalized spacial score (nSPS) is 16.9. The molecule has 3 heteroatoms. The van der Waals surface area contributed by atoms with Gasteiger partial charge in [-0.3, -0.25) is 4.79 Å². The summed E-state index contributed by atoms with van der Waals surface area (Å²) in [5.41, 5.74) is 1.06. The van der Waals surface area contributed by atoms with Gasteiger partial charge in [-0.05, 0) is 12.0 Å². The summed E-state index contributed by atoms with van der Waals surface area (Å²) in [4.78, 5) is 11.0. The lowest BCUT2D eigenvalue weighted by Crippen LogP contribution is -2.18. The van der Waals surface area contributed by atoms with E-state index in [9.17, 15) is 4.79 Å². The number of methoxy groups -OCH3 is 2. The van der Waals surface area contributed by atoms with Crippen molar-refractivity contribution in [3.05, 3.63) is 23.8 Å². The summed E-state index contributed by atoms with van der Waals surface area (Å²) >= 11 is 0. The topological polar surface area (TPSA) is 35.5 Å². The summed E-state index contributed by atoms with van der Waals surface area (Å²) in [6, 6.07) is 0. The SMILES string of the molecule is COC(=O)CC(OC)C1=CCC=C1. The summed E-state index contributed by atoms with van der Waals surface area (Å²) in [6.07, 6.45) is 7.12. The Bertz CT molecular complexity index is 241. The van der Waals surface area contributed by atoms with Gasteiger partial charge < -0.3 is 9.47 Å². The van der Waals surface area contributed by atoms with Crippen molar-refractivity contribution < 1.29 is 14.3 Å². The second kappa shape index (κ2) is 4.82. The van der Waals surface area contributed by atoms with E-state index in [1.165, 1.54) is 7.11 Å². The van der Waals surface area contributed by atoms with Crippen molar-refractivity contribution in [1.82, 2.24) is 0 Å². The van der Waals surface area contributed by atoms with E-state index in [0.29, 0.717) is 0 Å². The van der Waals surface area contributed by atoms with Crippen molar-refractivity contribution in [2.45, 2.75) is 18.9 Å². The monoisotopic (exact) mass is 182 g/mol. The molecule has 0 heterocycles. The number of carbonyl (C=O) groups is 1. The molecule has 0 bridgehead atoms. The second-order valence-electron chi connectivity index (χ2n) is 2.85. The van der Waals surface area contributed by atoms with Crippen molar-refractivity contribution in [2.24, 2.45) is 0 Å². The second-order valence-corrected chi connectivity index (χ2v) is 2.85. The van der Waals surface area contributed by atoms with E-state index in [2.05, 4.69) is 10.8 Å². The highest BCUT2D eigenvalue weighted by atomic mass is 16.5. The number of hydrogen-bond acceptors (Lipinski definition) is 3. The first-order valence-electron chi connectivity index (χ1n) is 4.24. The molecule has 1 rings (SSSR count). The molecule has 1 aliphatic carbocycles. The molecule has 0 aliphatic heterocycles. The van der Waals surface area contributed by atoms with Gasteiger partial charge in [0.25, 0.3) is 0 Å². The van der Waals surface area contributed by atoms with E-state index in [1.807, 2.05) is 12.2 Å². The lowest BCUT2D eigenvalue weighted by atomic mass is 10.1. The van der Waals surface area contributed by atoms with Gasteiger partial charge in [0, 0.05) is 7.11 Å². The van der Waals surface area contributed by atoms with Crippen LogP contribution >= 0.6 is 0 Å². The van der Waals surface area contributed by atoms with Gasteiger partial charge in [0.05, 0.1) is 19.6 Å². The van der Waals surface area contributed by atoms with E-state index in [0.717, 1.165) is 12.0 Å².